The summed E-state index contributed by atoms with van der Waals surface area (Å²) in [5.41, 5.74) is 14.6. The van der Waals surface area contributed by atoms with E-state index in [4.69, 9.17) is 11.5 Å². The Bertz CT molecular complexity index is 1490. The van der Waals surface area contributed by atoms with Crippen LogP contribution in [-0.4, -0.2) is 32.4 Å². The molecule has 0 atom stereocenters. The molecule has 0 saturated heterocycles. The molecule has 8 nitrogen and oxygen atoms in total. The van der Waals surface area contributed by atoms with Crippen molar-refractivity contribution in [2.45, 2.75) is 27.3 Å². The zero-order chi connectivity index (χ0) is 24.7. The average Bonchev–Trinajstić information content (AvgIpc) is 3.04. The molecule has 0 bridgehead atoms. The Morgan fingerprint density at radius 1 is 0.971 bits per heavy atom. The predicted molar refractivity (Wildman–Crippen MR) is 125 cm³/mol. The first-order valence-corrected chi connectivity index (χ1v) is 10.5. The quantitative estimate of drug-likeness (QED) is 0.427. The Morgan fingerprint density at radius 3 is 2.24 bits per heavy atom. The lowest BCUT2D eigenvalue weighted by atomic mass is 9.92. The van der Waals surface area contributed by atoms with Crippen LogP contribution in [0.1, 0.15) is 55.1 Å². The summed E-state index contributed by atoms with van der Waals surface area (Å²) in [7, 11) is 0. The number of ketones is 1. The Kier molecular flexibility index (Phi) is 5.70. The maximum atomic E-state index is 13.8. The second-order valence-electron chi connectivity index (χ2n) is 8.06. The van der Waals surface area contributed by atoms with E-state index in [0.29, 0.717) is 34.4 Å². The standard InChI is InChI=1S/C25H22FN5O3/c1-12-20(13(2)31(30-12)11-15-4-6-16(7-5-15)14(3)32)22-21(24(27)33)18-9-8-17(26)10-19(18)29-23(22)25(28)34/h4-10H,11H2,1-3H3,(H2,27,33)(H2,28,34). The van der Waals surface area contributed by atoms with Gasteiger partial charge in [0.15, 0.2) is 5.78 Å². The van der Waals surface area contributed by atoms with Gasteiger partial charge in [0.2, 0.25) is 5.91 Å². The number of amides is 2. The fourth-order valence-corrected chi connectivity index (χ4v) is 4.15. The molecule has 0 aliphatic rings. The summed E-state index contributed by atoms with van der Waals surface area (Å²) in [6.45, 7) is 5.42. The molecule has 4 aromatic rings. The summed E-state index contributed by atoms with van der Waals surface area (Å²) in [6.07, 6.45) is 0. The second-order valence-corrected chi connectivity index (χ2v) is 8.06. The molecule has 0 radical (unpaired) electrons. The largest absolute Gasteiger partial charge is 0.366 e. The lowest BCUT2D eigenvalue weighted by Gasteiger charge is -2.15. The summed E-state index contributed by atoms with van der Waals surface area (Å²) in [6, 6.07) is 10.9. The highest BCUT2D eigenvalue weighted by Gasteiger charge is 2.27. The number of aryl methyl sites for hydroxylation is 1. The van der Waals surface area contributed by atoms with Crippen molar-refractivity contribution in [3.63, 3.8) is 0 Å². The highest BCUT2D eigenvalue weighted by Crippen LogP contribution is 2.36. The van der Waals surface area contributed by atoms with Gasteiger partial charge in [0.1, 0.15) is 11.5 Å². The molecular formula is C25H22FN5O3. The Morgan fingerprint density at radius 2 is 1.65 bits per heavy atom. The van der Waals surface area contributed by atoms with Crippen molar-refractivity contribution < 1.29 is 18.8 Å². The summed E-state index contributed by atoms with van der Waals surface area (Å²) in [4.78, 5) is 40.7. The molecule has 2 aromatic heterocycles. The normalized spacial score (nSPS) is 11.1. The molecule has 0 aliphatic carbocycles. The number of rotatable bonds is 6. The highest BCUT2D eigenvalue weighted by molar-refractivity contribution is 6.15. The van der Waals surface area contributed by atoms with E-state index in [1.165, 1.54) is 19.1 Å². The highest BCUT2D eigenvalue weighted by atomic mass is 19.1. The number of aromatic nitrogens is 3. The van der Waals surface area contributed by atoms with Crippen molar-refractivity contribution in [1.82, 2.24) is 14.8 Å². The van der Waals surface area contributed by atoms with Crippen LogP contribution in [0.25, 0.3) is 22.0 Å². The number of carbonyl (C=O) groups is 3. The summed E-state index contributed by atoms with van der Waals surface area (Å²) < 4.78 is 15.5. The van der Waals surface area contributed by atoms with Gasteiger partial charge in [-0.1, -0.05) is 24.3 Å². The lowest BCUT2D eigenvalue weighted by Crippen LogP contribution is -2.21. The van der Waals surface area contributed by atoms with Crippen LogP contribution < -0.4 is 11.5 Å². The Hall–Kier alpha value is -4.40. The van der Waals surface area contributed by atoms with Gasteiger partial charge < -0.3 is 11.5 Å². The maximum absolute atomic E-state index is 13.8. The molecule has 0 fully saturated rings. The number of hydrogen-bond acceptors (Lipinski definition) is 5. The number of Topliss-reactive ketones (excluding diaryl/α,β-unsaturated/α-hetero) is 1. The zero-order valence-electron chi connectivity index (χ0n) is 18.8. The molecule has 4 N–H and O–H groups in total. The molecule has 2 amide bonds. The Balaban J connectivity index is 1.93. The number of primary amides is 2. The number of carbonyl (C=O) groups excluding carboxylic acids is 3. The summed E-state index contributed by atoms with van der Waals surface area (Å²) in [5, 5.41) is 4.90. The third-order valence-corrected chi connectivity index (χ3v) is 5.75. The number of nitrogens with two attached hydrogens (primary N) is 2. The van der Waals surface area contributed by atoms with E-state index < -0.39 is 17.6 Å². The van der Waals surface area contributed by atoms with Gasteiger partial charge >= 0.3 is 0 Å². The predicted octanol–water partition coefficient (Wildman–Crippen LogP) is 3.30. The van der Waals surface area contributed by atoms with Crippen molar-refractivity contribution in [2.24, 2.45) is 11.5 Å². The van der Waals surface area contributed by atoms with Crippen LogP contribution in [0.4, 0.5) is 4.39 Å². The second kappa shape index (κ2) is 8.51. The average molecular weight is 459 g/mol. The van der Waals surface area contributed by atoms with Crippen LogP contribution >= 0.6 is 0 Å². The van der Waals surface area contributed by atoms with Gasteiger partial charge in [-0.05, 0) is 38.5 Å². The number of nitrogens with zero attached hydrogens (tertiary/aromatic N) is 3. The van der Waals surface area contributed by atoms with E-state index >= 15 is 0 Å². The van der Waals surface area contributed by atoms with Crippen molar-refractivity contribution in [2.75, 3.05) is 0 Å². The molecular weight excluding hydrogens is 437 g/mol. The molecule has 0 unspecified atom stereocenters. The van der Waals surface area contributed by atoms with Gasteiger partial charge in [-0.25, -0.2) is 9.37 Å². The molecule has 2 aromatic carbocycles. The molecule has 172 valence electrons. The molecule has 4 rings (SSSR count). The fourth-order valence-electron chi connectivity index (χ4n) is 4.15. The number of halogens is 1. The number of pyridine rings is 1. The number of benzene rings is 2. The lowest BCUT2D eigenvalue weighted by molar-refractivity contribution is 0.0992. The van der Waals surface area contributed by atoms with Gasteiger partial charge in [-0.2, -0.15) is 5.10 Å². The van der Waals surface area contributed by atoms with E-state index in [1.54, 1.807) is 30.7 Å². The Labute approximate surface area is 194 Å². The van der Waals surface area contributed by atoms with E-state index in [9.17, 15) is 18.8 Å². The minimum Gasteiger partial charge on any atom is -0.366 e. The van der Waals surface area contributed by atoms with Gasteiger partial charge in [-0.3, -0.25) is 19.1 Å². The van der Waals surface area contributed by atoms with Gasteiger partial charge in [0.25, 0.3) is 5.91 Å². The number of fused-ring (bicyclic) bond motifs is 1. The van der Waals surface area contributed by atoms with Crippen LogP contribution in [0.2, 0.25) is 0 Å². The molecule has 9 heteroatoms. The van der Waals surface area contributed by atoms with E-state index in [1.807, 2.05) is 12.1 Å². The van der Waals surface area contributed by atoms with Crippen molar-refractivity contribution >= 4 is 28.5 Å². The fraction of sp³-hybridized carbons (Fsp3) is 0.160. The summed E-state index contributed by atoms with van der Waals surface area (Å²) in [5.74, 6) is -2.28. The molecule has 0 spiro atoms. The van der Waals surface area contributed by atoms with Gasteiger partial charge in [-0.15, -0.1) is 0 Å². The topological polar surface area (TPSA) is 134 Å². The molecule has 0 saturated carbocycles. The zero-order valence-corrected chi connectivity index (χ0v) is 18.8. The van der Waals surface area contributed by atoms with Crippen LogP contribution in [0, 0.1) is 19.7 Å². The van der Waals surface area contributed by atoms with E-state index in [0.717, 1.165) is 11.6 Å². The molecule has 2 heterocycles. The van der Waals surface area contributed by atoms with Crippen molar-refractivity contribution in [3.05, 3.63) is 82.1 Å². The maximum Gasteiger partial charge on any atom is 0.267 e. The van der Waals surface area contributed by atoms with Crippen molar-refractivity contribution in [1.29, 1.82) is 0 Å². The summed E-state index contributed by atoms with van der Waals surface area (Å²) >= 11 is 0. The number of hydrogen-bond donors (Lipinski definition) is 2. The van der Waals surface area contributed by atoms with Crippen LogP contribution in [0.3, 0.4) is 0 Å². The van der Waals surface area contributed by atoms with Crippen LogP contribution in [0.5, 0.6) is 0 Å². The van der Waals surface area contributed by atoms with Crippen LogP contribution in [-0.2, 0) is 6.54 Å². The first-order valence-electron chi connectivity index (χ1n) is 10.5. The van der Waals surface area contributed by atoms with Crippen molar-refractivity contribution in [3.8, 4) is 11.1 Å². The SMILES string of the molecule is CC(=O)c1ccc(Cn2nc(C)c(-c3c(C(N)=O)nc4cc(F)ccc4c3C(N)=O)c2C)cc1. The third-order valence-electron chi connectivity index (χ3n) is 5.75. The van der Waals surface area contributed by atoms with E-state index in [2.05, 4.69) is 10.1 Å². The minimum absolute atomic E-state index is 0.0235. The van der Waals surface area contributed by atoms with Gasteiger partial charge in [0, 0.05) is 33.8 Å². The third kappa shape index (κ3) is 3.92. The minimum atomic E-state index is -0.880. The first-order chi connectivity index (χ1) is 16.1. The van der Waals surface area contributed by atoms with Gasteiger partial charge in [0.05, 0.1) is 23.3 Å². The van der Waals surface area contributed by atoms with Crippen LogP contribution in [0.15, 0.2) is 42.5 Å². The molecule has 0 aliphatic heterocycles. The van der Waals surface area contributed by atoms with E-state index in [-0.39, 0.29) is 28.1 Å². The first kappa shape index (κ1) is 22.8. The monoisotopic (exact) mass is 459 g/mol. The molecule has 34 heavy (non-hydrogen) atoms. The smallest absolute Gasteiger partial charge is 0.267 e.